The van der Waals surface area contributed by atoms with Crippen LogP contribution >= 0.6 is 25.3 Å². The van der Waals surface area contributed by atoms with E-state index in [1.165, 1.54) is 12.5 Å². The van der Waals surface area contributed by atoms with Gasteiger partial charge in [-0.2, -0.15) is 25.3 Å². The van der Waals surface area contributed by atoms with Crippen molar-refractivity contribution in [1.29, 1.82) is 0 Å². The molecule has 15 heteroatoms. The van der Waals surface area contributed by atoms with Crippen molar-refractivity contribution in [1.82, 2.24) is 25.9 Å². The summed E-state index contributed by atoms with van der Waals surface area (Å²) < 4.78 is 0. The summed E-state index contributed by atoms with van der Waals surface area (Å²) in [4.78, 5) is 65.8. The highest BCUT2D eigenvalue weighted by atomic mass is 32.1. The van der Waals surface area contributed by atoms with Gasteiger partial charge < -0.3 is 36.9 Å². The minimum absolute atomic E-state index is 0.0399. The normalized spacial score (nSPS) is 14.5. The maximum absolute atomic E-state index is 12.5. The van der Waals surface area contributed by atoms with E-state index >= 15 is 0 Å². The maximum Gasteiger partial charge on any atom is 0.326 e. The molecule has 4 unspecified atom stereocenters. The number of amides is 3. The summed E-state index contributed by atoms with van der Waals surface area (Å²) in [6.07, 6.45) is 1.89. The molecule has 1 heterocycles. The topological polar surface area (TPSA) is 217 Å². The van der Waals surface area contributed by atoms with Crippen LogP contribution in [0.15, 0.2) is 12.5 Å². The molecule has 8 N–H and O–H groups in total. The lowest BCUT2D eigenvalue weighted by Gasteiger charge is -2.23. The quantitative estimate of drug-likeness (QED) is 0.134. The van der Waals surface area contributed by atoms with Crippen molar-refractivity contribution in [2.24, 2.45) is 5.73 Å². The monoisotopic (exact) mass is 476 g/mol. The first-order valence-corrected chi connectivity index (χ1v) is 10.2. The van der Waals surface area contributed by atoms with E-state index in [-0.39, 0.29) is 17.9 Å². The van der Waals surface area contributed by atoms with Crippen molar-refractivity contribution >= 4 is 54.9 Å². The largest absolute Gasteiger partial charge is 0.481 e. The third-order valence-corrected chi connectivity index (χ3v) is 4.71. The van der Waals surface area contributed by atoms with Crippen LogP contribution in [0.4, 0.5) is 0 Å². The van der Waals surface area contributed by atoms with Crippen molar-refractivity contribution in [2.75, 3.05) is 11.5 Å². The lowest BCUT2D eigenvalue weighted by Crippen LogP contribution is -2.58. The molecule has 0 radical (unpaired) electrons. The standard InChI is InChI=1S/C16H24N6O7S2/c17-8(4-30)13(25)20-9(2-12(23)24)14(26)22-11(5-31)15(27)21-10(16(28)29)1-7-3-18-6-19-7/h3,6,8-11,30-31H,1-2,4-5,17H2,(H,18,19)(H,20,25)(H,21,27)(H,22,26)(H,23,24)(H,28,29). The number of hydrogen-bond acceptors (Lipinski definition) is 9. The molecular weight excluding hydrogens is 452 g/mol. The number of H-pyrrole nitrogens is 1. The molecule has 0 aliphatic carbocycles. The smallest absolute Gasteiger partial charge is 0.326 e. The molecule has 3 amide bonds. The Morgan fingerprint density at radius 3 is 2.03 bits per heavy atom. The van der Waals surface area contributed by atoms with Crippen LogP contribution in [0.25, 0.3) is 0 Å². The highest BCUT2D eigenvalue weighted by Crippen LogP contribution is 2.02. The second kappa shape index (κ2) is 12.8. The van der Waals surface area contributed by atoms with Gasteiger partial charge >= 0.3 is 11.9 Å². The van der Waals surface area contributed by atoms with Crippen molar-refractivity contribution in [3.8, 4) is 0 Å². The minimum Gasteiger partial charge on any atom is -0.481 e. The molecule has 0 fully saturated rings. The van der Waals surface area contributed by atoms with Crippen molar-refractivity contribution < 1.29 is 34.2 Å². The van der Waals surface area contributed by atoms with E-state index in [4.69, 9.17) is 10.8 Å². The number of carbonyl (C=O) groups is 5. The van der Waals surface area contributed by atoms with Gasteiger partial charge in [0.25, 0.3) is 0 Å². The van der Waals surface area contributed by atoms with Gasteiger partial charge in [-0.15, -0.1) is 0 Å². The fourth-order valence-corrected chi connectivity index (χ4v) is 2.72. The molecule has 0 aliphatic rings. The maximum atomic E-state index is 12.5. The van der Waals surface area contributed by atoms with Crippen LogP contribution in [0.2, 0.25) is 0 Å². The van der Waals surface area contributed by atoms with E-state index in [9.17, 15) is 29.1 Å². The molecule has 13 nitrogen and oxygen atoms in total. The van der Waals surface area contributed by atoms with Crippen molar-refractivity contribution in [3.05, 3.63) is 18.2 Å². The minimum atomic E-state index is -1.52. The van der Waals surface area contributed by atoms with Crippen LogP contribution < -0.4 is 21.7 Å². The van der Waals surface area contributed by atoms with Gasteiger partial charge in [-0.05, 0) is 0 Å². The molecular formula is C16H24N6O7S2. The number of carboxylic acid groups (broad SMARTS) is 2. The molecule has 1 rings (SSSR count). The molecule has 4 atom stereocenters. The summed E-state index contributed by atoms with van der Waals surface area (Å²) in [7, 11) is 0. The molecule has 0 saturated heterocycles. The van der Waals surface area contributed by atoms with Gasteiger partial charge in [0.1, 0.15) is 18.1 Å². The number of aliphatic carboxylic acids is 2. The molecule has 1 aromatic rings. The number of aromatic amines is 1. The highest BCUT2D eigenvalue weighted by Gasteiger charge is 2.31. The summed E-state index contributed by atoms with van der Waals surface area (Å²) in [5.74, 6) is -5.59. The molecule has 1 aromatic heterocycles. The first kappa shape index (κ1) is 26.3. The van der Waals surface area contributed by atoms with Crippen LogP contribution in [0, 0.1) is 0 Å². The summed E-state index contributed by atoms with van der Waals surface area (Å²) in [6.45, 7) is 0. The fraction of sp³-hybridized carbons (Fsp3) is 0.500. The second-order valence-electron chi connectivity index (χ2n) is 6.37. The average molecular weight is 477 g/mol. The van der Waals surface area contributed by atoms with Gasteiger partial charge in [0.2, 0.25) is 17.7 Å². The van der Waals surface area contributed by atoms with E-state index in [1.807, 2.05) is 0 Å². The lowest BCUT2D eigenvalue weighted by molar-refractivity contribution is -0.143. The fourth-order valence-electron chi connectivity index (χ4n) is 2.30. The van der Waals surface area contributed by atoms with Gasteiger partial charge in [-0.1, -0.05) is 0 Å². The Balaban J connectivity index is 2.84. The number of nitrogens with zero attached hydrogens (tertiary/aromatic N) is 1. The molecule has 0 aliphatic heterocycles. The SMILES string of the molecule is NC(CS)C(=O)NC(CC(=O)O)C(=O)NC(CS)C(=O)NC(Cc1cnc[nH]1)C(=O)O. The molecule has 172 valence electrons. The zero-order valence-electron chi connectivity index (χ0n) is 16.1. The molecule has 31 heavy (non-hydrogen) atoms. The summed E-state index contributed by atoms with van der Waals surface area (Å²) in [6, 6.07) is -5.22. The van der Waals surface area contributed by atoms with Crippen LogP contribution in [-0.2, 0) is 30.4 Å². The zero-order valence-corrected chi connectivity index (χ0v) is 17.9. The Morgan fingerprint density at radius 2 is 1.55 bits per heavy atom. The van der Waals surface area contributed by atoms with E-state index in [0.717, 1.165) is 0 Å². The number of nitrogens with two attached hydrogens (primary N) is 1. The third-order valence-electron chi connectivity index (χ3n) is 3.95. The number of aromatic nitrogens is 2. The third kappa shape index (κ3) is 8.85. The molecule has 0 bridgehead atoms. The van der Waals surface area contributed by atoms with E-state index < -0.39 is 60.2 Å². The molecule has 0 saturated carbocycles. The summed E-state index contributed by atoms with van der Waals surface area (Å²) >= 11 is 7.83. The number of thiol groups is 2. The number of hydrogen-bond donors (Lipinski definition) is 9. The Hall–Kier alpha value is -2.78. The lowest BCUT2D eigenvalue weighted by atomic mass is 10.1. The Labute approximate surface area is 187 Å². The Kier molecular flexibility index (Phi) is 10.8. The van der Waals surface area contributed by atoms with Crippen LogP contribution in [0.1, 0.15) is 12.1 Å². The van der Waals surface area contributed by atoms with Gasteiger partial charge in [-0.3, -0.25) is 19.2 Å². The highest BCUT2D eigenvalue weighted by molar-refractivity contribution is 7.80. The number of imidazole rings is 1. The Bertz CT molecular complexity index is 791. The predicted molar refractivity (Wildman–Crippen MR) is 114 cm³/mol. The van der Waals surface area contributed by atoms with Crippen LogP contribution in [0.5, 0.6) is 0 Å². The Morgan fingerprint density at radius 1 is 0.968 bits per heavy atom. The molecule has 0 spiro atoms. The van der Waals surface area contributed by atoms with Crippen molar-refractivity contribution in [2.45, 2.75) is 37.0 Å². The van der Waals surface area contributed by atoms with Gasteiger partial charge in [-0.25, -0.2) is 9.78 Å². The van der Waals surface area contributed by atoms with Gasteiger partial charge in [0, 0.05) is 29.8 Å². The summed E-state index contributed by atoms with van der Waals surface area (Å²) in [5, 5.41) is 25.1. The van der Waals surface area contributed by atoms with E-state index in [1.54, 1.807) is 0 Å². The van der Waals surface area contributed by atoms with Gasteiger partial charge in [0.05, 0.1) is 18.8 Å². The van der Waals surface area contributed by atoms with Crippen LogP contribution in [0.3, 0.4) is 0 Å². The number of rotatable bonds is 13. The first-order valence-electron chi connectivity index (χ1n) is 8.89. The van der Waals surface area contributed by atoms with Crippen LogP contribution in [-0.4, -0.2) is 85.5 Å². The summed E-state index contributed by atoms with van der Waals surface area (Å²) in [5.41, 5.74) is 5.97. The first-order chi connectivity index (χ1) is 14.6. The number of carboxylic acids is 2. The van der Waals surface area contributed by atoms with Gasteiger partial charge in [0.15, 0.2) is 0 Å². The van der Waals surface area contributed by atoms with Crippen molar-refractivity contribution in [3.63, 3.8) is 0 Å². The van der Waals surface area contributed by atoms with E-state index in [2.05, 4.69) is 51.2 Å². The molecule has 0 aromatic carbocycles. The second-order valence-corrected chi connectivity index (χ2v) is 7.10. The zero-order chi connectivity index (χ0) is 23.6. The number of carbonyl (C=O) groups excluding carboxylic acids is 3. The predicted octanol–water partition coefficient (Wildman–Crippen LogP) is -2.85. The van der Waals surface area contributed by atoms with E-state index in [0.29, 0.717) is 5.69 Å². The number of nitrogens with one attached hydrogen (secondary N) is 4. The average Bonchev–Trinajstić information content (AvgIpc) is 3.22.